The molecule has 0 spiro atoms. The van der Waals surface area contributed by atoms with E-state index in [0.29, 0.717) is 17.9 Å². The molecule has 0 amide bonds. The second-order valence-corrected chi connectivity index (χ2v) is 8.90. The lowest BCUT2D eigenvalue weighted by molar-refractivity contribution is 0.0478. The van der Waals surface area contributed by atoms with Crippen molar-refractivity contribution in [3.8, 4) is 0 Å². The maximum Gasteiger partial charge on any atom is 0.338 e. The first kappa shape index (κ1) is 18.0. The van der Waals surface area contributed by atoms with E-state index in [1.54, 1.807) is 48.5 Å². The molecular formula is C18H19NO4S2. The molecule has 132 valence electrons. The molecule has 1 unspecified atom stereocenters. The third kappa shape index (κ3) is 4.05. The molecule has 1 aliphatic rings. The Balaban J connectivity index is 1.70. The highest BCUT2D eigenvalue weighted by molar-refractivity contribution is 8.01. The van der Waals surface area contributed by atoms with E-state index >= 15 is 0 Å². The van der Waals surface area contributed by atoms with E-state index in [1.165, 1.54) is 16.1 Å². The van der Waals surface area contributed by atoms with Gasteiger partial charge in [0.1, 0.15) is 12.0 Å². The van der Waals surface area contributed by atoms with Crippen LogP contribution in [0.25, 0.3) is 0 Å². The number of thioether (sulfide) groups is 1. The van der Waals surface area contributed by atoms with E-state index in [-0.39, 0.29) is 11.5 Å². The predicted molar refractivity (Wildman–Crippen MR) is 98.0 cm³/mol. The van der Waals surface area contributed by atoms with Crippen molar-refractivity contribution in [2.45, 2.75) is 17.2 Å². The third-order valence-electron chi connectivity index (χ3n) is 3.94. The summed E-state index contributed by atoms with van der Waals surface area (Å²) in [7, 11) is -3.60. The smallest absolute Gasteiger partial charge is 0.338 e. The van der Waals surface area contributed by atoms with E-state index in [1.807, 2.05) is 13.0 Å². The standard InChI is InChI=1S/C18H19NO4S2/c1-14-7-9-16(10-8-14)25(21,22)19-11-12-24-17(19)13-23-18(20)15-5-3-2-4-6-15/h2-10,17H,11-13H2,1H3. The molecule has 25 heavy (non-hydrogen) atoms. The molecule has 0 radical (unpaired) electrons. The maximum atomic E-state index is 12.8. The van der Waals surface area contributed by atoms with Crippen molar-refractivity contribution in [3.05, 3.63) is 65.7 Å². The number of sulfonamides is 1. The number of aryl methyl sites for hydroxylation is 1. The summed E-state index contributed by atoms with van der Waals surface area (Å²) >= 11 is 1.48. The topological polar surface area (TPSA) is 63.7 Å². The molecule has 1 fully saturated rings. The Bertz CT molecular complexity index is 835. The van der Waals surface area contributed by atoms with Crippen LogP contribution in [0.1, 0.15) is 15.9 Å². The molecule has 1 aliphatic heterocycles. The second-order valence-electron chi connectivity index (χ2n) is 5.72. The summed E-state index contributed by atoms with van der Waals surface area (Å²) < 4.78 is 32.4. The average molecular weight is 377 g/mol. The average Bonchev–Trinajstić information content (AvgIpc) is 3.10. The lowest BCUT2D eigenvalue weighted by Crippen LogP contribution is -2.37. The Hall–Kier alpha value is -1.83. The van der Waals surface area contributed by atoms with E-state index in [0.717, 1.165) is 5.56 Å². The van der Waals surface area contributed by atoms with Crippen LogP contribution in [0, 0.1) is 6.92 Å². The Morgan fingerprint density at radius 1 is 1.16 bits per heavy atom. The second kappa shape index (κ2) is 7.59. The minimum Gasteiger partial charge on any atom is -0.459 e. The minimum absolute atomic E-state index is 0.0312. The summed E-state index contributed by atoms with van der Waals surface area (Å²) in [5.74, 6) is 0.235. The van der Waals surface area contributed by atoms with Crippen molar-refractivity contribution in [2.24, 2.45) is 0 Å². The lowest BCUT2D eigenvalue weighted by atomic mass is 10.2. The Morgan fingerprint density at radius 2 is 1.84 bits per heavy atom. The van der Waals surface area contributed by atoms with Gasteiger partial charge in [0.05, 0.1) is 10.5 Å². The van der Waals surface area contributed by atoms with E-state index in [4.69, 9.17) is 4.74 Å². The molecule has 7 heteroatoms. The molecule has 1 saturated heterocycles. The van der Waals surface area contributed by atoms with Crippen LogP contribution in [0.15, 0.2) is 59.5 Å². The minimum atomic E-state index is -3.60. The maximum absolute atomic E-state index is 12.8. The van der Waals surface area contributed by atoms with Gasteiger partial charge in [-0.05, 0) is 31.2 Å². The number of benzene rings is 2. The zero-order valence-corrected chi connectivity index (χ0v) is 15.4. The summed E-state index contributed by atoms with van der Waals surface area (Å²) in [5.41, 5.74) is 1.46. The van der Waals surface area contributed by atoms with Gasteiger partial charge in [-0.25, -0.2) is 13.2 Å². The van der Waals surface area contributed by atoms with Crippen LogP contribution in [0.2, 0.25) is 0 Å². The van der Waals surface area contributed by atoms with Crippen LogP contribution in [-0.2, 0) is 14.8 Å². The van der Waals surface area contributed by atoms with E-state index in [2.05, 4.69) is 0 Å². The fourth-order valence-electron chi connectivity index (χ4n) is 2.56. The summed E-state index contributed by atoms with van der Waals surface area (Å²) in [6.45, 7) is 2.35. The predicted octanol–water partition coefficient (Wildman–Crippen LogP) is 2.92. The fraction of sp³-hybridized carbons (Fsp3) is 0.278. The molecule has 2 aromatic rings. The highest BCUT2D eigenvalue weighted by Gasteiger charge is 2.36. The number of hydrogen-bond donors (Lipinski definition) is 0. The van der Waals surface area contributed by atoms with E-state index < -0.39 is 21.4 Å². The van der Waals surface area contributed by atoms with Crippen molar-refractivity contribution in [2.75, 3.05) is 18.9 Å². The molecule has 1 atom stereocenters. The van der Waals surface area contributed by atoms with Crippen molar-refractivity contribution >= 4 is 27.8 Å². The lowest BCUT2D eigenvalue weighted by Gasteiger charge is -2.23. The van der Waals surface area contributed by atoms with Crippen LogP contribution in [0.4, 0.5) is 0 Å². The van der Waals surface area contributed by atoms with Gasteiger partial charge in [-0.1, -0.05) is 35.9 Å². The van der Waals surface area contributed by atoms with Gasteiger partial charge >= 0.3 is 5.97 Å². The molecular weight excluding hydrogens is 358 g/mol. The SMILES string of the molecule is Cc1ccc(S(=O)(=O)N2CCSC2COC(=O)c2ccccc2)cc1. The molecule has 0 aromatic heterocycles. The molecule has 0 bridgehead atoms. The van der Waals surface area contributed by atoms with E-state index in [9.17, 15) is 13.2 Å². The molecule has 1 heterocycles. The zero-order chi connectivity index (χ0) is 17.9. The summed E-state index contributed by atoms with van der Waals surface area (Å²) in [6, 6.07) is 15.5. The van der Waals surface area contributed by atoms with Gasteiger partial charge in [-0.15, -0.1) is 11.8 Å². The molecule has 2 aromatic carbocycles. The Labute approximate surface area is 152 Å². The van der Waals surface area contributed by atoms with Gasteiger partial charge in [0, 0.05) is 12.3 Å². The van der Waals surface area contributed by atoms with Gasteiger partial charge in [0.2, 0.25) is 10.0 Å². The summed E-state index contributed by atoms with van der Waals surface area (Å²) in [4.78, 5) is 12.3. The van der Waals surface area contributed by atoms with Crippen LogP contribution < -0.4 is 0 Å². The number of carbonyl (C=O) groups excluding carboxylic acids is 1. The van der Waals surface area contributed by atoms with Gasteiger partial charge < -0.3 is 4.74 Å². The number of esters is 1. The summed E-state index contributed by atoms with van der Waals surface area (Å²) in [5, 5.41) is -0.404. The van der Waals surface area contributed by atoms with Crippen LogP contribution in [0.5, 0.6) is 0 Å². The van der Waals surface area contributed by atoms with Crippen LogP contribution >= 0.6 is 11.8 Å². The quantitative estimate of drug-likeness (QED) is 0.750. The molecule has 0 saturated carbocycles. The monoisotopic (exact) mass is 377 g/mol. The fourth-order valence-corrected chi connectivity index (χ4v) is 5.66. The van der Waals surface area contributed by atoms with Gasteiger partial charge in [0.15, 0.2) is 0 Å². The van der Waals surface area contributed by atoms with Gasteiger partial charge in [-0.2, -0.15) is 4.31 Å². The number of nitrogens with zero attached hydrogens (tertiary/aromatic N) is 1. The Morgan fingerprint density at radius 3 is 2.52 bits per heavy atom. The highest BCUT2D eigenvalue weighted by Crippen LogP contribution is 2.30. The highest BCUT2D eigenvalue weighted by atomic mass is 32.2. The largest absolute Gasteiger partial charge is 0.459 e. The first-order valence-electron chi connectivity index (χ1n) is 7.91. The van der Waals surface area contributed by atoms with Crippen molar-refractivity contribution in [1.29, 1.82) is 0 Å². The first-order valence-corrected chi connectivity index (χ1v) is 10.4. The molecule has 5 nitrogen and oxygen atoms in total. The van der Waals surface area contributed by atoms with Crippen molar-refractivity contribution < 1.29 is 17.9 Å². The number of carbonyl (C=O) groups is 1. The molecule has 0 aliphatic carbocycles. The number of hydrogen-bond acceptors (Lipinski definition) is 5. The Kier molecular flexibility index (Phi) is 5.46. The molecule has 3 rings (SSSR count). The third-order valence-corrected chi connectivity index (χ3v) is 7.19. The normalized spacial score (nSPS) is 18.2. The molecule has 0 N–H and O–H groups in total. The van der Waals surface area contributed by atoms with Crippen molar-refractivity contribution in [3.63, 3.8) is 0 Å². The van der Waals surface area contributed by atoms with Crippen LogP contribution in [0.3, 0.4) is 0 Å². The first-order chi connectivity index (χ1) is 12.0. The van der Waals surface area contributed by atoms with Gasteiger partial charge in [-0.3, -0.25) is 0 Å². The summed E-state index contributed by atoms with van der Waals surface area (Å²) in [6.07, 6.45) is 0. The van der Waals surface area contributed by atoms with Crippen molar-refractivity contribution in [1.82, 2.24) is 4.31 Å². The number of ether oxygens (including phenoxy) is 1. The zero-order valence-electron chi connectivity index (χ0n) is 13.8. The van der Waals surface area contributed by atoms with Crippen LogP contribution in [-0.4, -0.2) is 43.0 Å². The van der Waals surface area contributed by atoms with Gasteiger partial charge in [0.25, 0.3) is 0 Å². The number of rotatable bonds is 5.